The summed E-state index contributed by atoms with van der Waals surface area (Å²) in [5.41, 5.74) is -0.434. The maximum absolute atomic E-state index is 13.2. The zero-order chi connectivity index (χ0) is 21.1. The van der Waals surface area contributed by atoms with E-state index in [1.165, 1.54) is 17.5 Å². The topological polar surface area (TPSA) is 52.6 Å². The lowest BCUT2D eigenvalue weighted by atomic mass is 9.83. The van der Waals surface area contributed by atoms with Crippen LogP contribution in [0, 0.1) is 23.2 Å². The van der Waals surface area contributed by atoms with E-state index in [-0.39, 0.29) is 34.6 Å². The molecular weight excluding hydrogens is 392 g/mol. The SMILES string of the molecule is COC(=O)C1C(=O)C[C@@H]2C(C)(C)[C@]23C[C@H]1C[Si](c1ccccc1)(c1ccccc1)O3. The maximum atomic E-state index is 13.2. The average Bonchev–Trinajstić information content (AvgIpc) is 3.22. The lowest BCUT2D eigenvalue weighted by Gasteiger charge is -2.46. The van der Waals surface area contributed by atoms with Crippen LogP contribution in [0.15, 0.2) is 60.7 Å². The Morgan fingerprint density at radius 2 is 1.60 bits per heavy atom. The van der Waals surface area contributed by atoms with Gasteiger partial charge in [-0.3, -0.25) is 9.59 Å². The normalized spacial score (nSPS) is 33.2. The van der Waals surface area contributed by atoms with Crippen LogP contribution in [0.3, 0.4) is 0 Å². The summed E-state index contributed by atoms with van der Waals surface area (Å²) in [6.45, 7) is 4.45. The minimum atomic E-state index is -2.67. The second-order valence-electron chi connectivity index (χ2n) is 9.66. The molecule has 5 rings (SSSR count). The number of ketones is 1. The Morgan fingerprint density at radius 1 is 1.03 bits per heavy atom. The lowest BCUT2D eigenvalue weighted by molar-refractivity contribution is -0.152. The highest BCUT2D eigenvalue weighted by Gasteiger charge is 2.78. The molecule has 0 radical (unpaired) electrons. The summed E-state index contributed by atoms with van der Waals surface area (Å²) >= 11 is 0. The first-order chi connectivity index (χ1) is 14.4. The van der Waals surface area contributed by atoms with Gasteiger partial charge >= 0.3 is 5.97 Å². The molecule has 1 spiro atoms. The van der Waals surface area contributed by atoms with Crippen molar-refractivity contribution in [2.75, 3.05) is 7.11 Å². The Kier molecular flexibility index (Phi) is 4.35. The summed E-state index contributed by atoms with van der Waals surface area (Å²) in [7, 11) is -1.28. The van der Waals surface area contributed by atoms with Crippen LogP contribution in [0.4, 0.5) is 0 Å². The van der Waals surface area contributed by atoms with Crippen molar-refractivity contribution in [2.24, 2.45) is 23.2 Å². The Balaban J connectivity index is 1.72. The van der Waals surface area contributed by atoms with Crippen LogP contribution in [0.2, 0.25) is 6.04 Å². The Morgan fingerprint density at radius 3 is 2.13 bits per heavy atom. The predicted molar refractivity (Wildman–Crippen MR) is 117 cm³/mol. The number of esters is 1. The van der Waals surface area contributed by atoms with Crippen LogP contribution >= 0.6 is 0 Å². The van der Waals surface area contributed by atoms with E-state index in [0.717, 1.165) is 12.5 Å². The predicted octanol–water partition coefficient (Wildman–Crippen LogP) is 2.94. The zero-order valence-corrected chi connectivity index (χ0v) is 18.8. The van der Waals surface area contributed by atoms with Crippen molar-refractivity contribution >= 4 is 30.4 Å². The number of ether oxygens (including phenoxy) is 1. The van der Waals surface area contributed by atoms with E-state index in [9.17, 15) is 9.59 Å². The van der Waals surface area contributed by atoms with Gasteiger partial charge in [-0.25, -0.2) is 0 Å². The Labute approximate surface area is 178 Å². The monoisotopic (exact) mass is 420 g/mol. The molecule has 2 saturated carbocycles. The molecule has 156 valence electrons. The molecule has 1 heterocycles. The fraction of sp³-hybridized carbons (Fsp3) is 0.440. The fourth-order valence-corrected chi connectivity index (χ4v) is 11.2. The summed E-state index contributed by atoms with van der Waals surface area (Å²) in [4.78, 5) is 25.9. The number of carbonyl (C=O) groups is 2. The van der Waals surface area contributed by atoms with Gasteiger partial charge in [0.05, 0.1) is 12.7 Å². The van der Waals surface area contributed by atoms with Gasteiger partial charge in [-0.2, -0.15) is 0 Å². The van der Waals surface area contributed by atoms with Gasteiger partial charge in [0, 0.05) is 12.3 Å². The standard InChI is InChI=1S/C25H28O4Si/c1-24(2)21-14-20(26)22(23(27)28-3)17-15-25(21,24)29-30(16-17,18-10-6-4-7-11-18)19-12-8-5-9-13-19/h4-13,17,21-22H,14-16H2,1-3H3/t17-,21+,22?,25-/m0/s1. The van der Waals surface area contributed by atoms with E-state index in [0.29, 0.717) is 6.42 Å². The smallest absolute Gasteiger partial charge is 0.316 e. The van der Waals surface area contributed by atoms with Gasteiger partial charge in [-0.15, -0.1) is 0 Å². The molecule has 2 aromatic rings. The van der Waals surface area contributed by atoms with Gasteiger partial charge < -0.3 is 9.16 Å². The van der Waals surface area contributed by atoms with Crippen LogP contribution in [-0.2, 0) is 18.8 Å². The molecule has 2 aromatic carbocycles. The summed E-state index contributed by atoms with van der Waals surface area (Å²) in [6.07, 6.45) is 1.15. The van der Waals surface area contributed by atoms with E-state index in [2.05, 4.69) is 62.4 Å². The highest BCUT2D eigenvalue weighted by atomic mass is 28.4. The van der Waals surface area contributed by atoms with Gasteiger partial charge in [-0.1, -0.05) is 74.5 Å². The molecule has 4 nitrogen and oxygen atoms in total. The Hall–Kier alpha value is -2.24. The molecule has 0 aromatic heterocycles. The zero-order valence-electron chi connectivity index (χ0n) is 17.8. The number of hydrogen-bond donors (Lipinski definition) is 0. The van der Waals surface area contributed by atoms with Gasteiger partial charge in [-0.05, 0) is 34.2 Å². The number of benzene rings is 2. The number of Topliss-reactive ketones (excluding diaryl/α,β-unsaturated/α-hetero) is 1. The summed E-state index contributed by atoms with van der Waals surface area (Å²) in [5.74, 6) is -0.950. The first-order valence-corrected chi connectivity index (χ1v) is 12.9. The first kappa shape index (κ1) is 19.7. The molecule has 1 unspecified atom stereocenters. The van der Waals surface area contributed by atoms with E-state index < -0.39 is 14.2 Å². The van der Waals surface area contributed by atoms with E-state index in [1.807, 2.05) is 12.1 Å². The lowest BCUT2D eigenvalue weighted by Crippen LogP contribution is -2.67. The van der Waals surface area contributed by atoms with E-state index in [4.69, 9.17) is 9.16 Å². The van der Waals surface area contributed by atoms with Crippen molar-refractivity contribution in [1.29, 1.82) is 0 Å². The van der Waals surface area contributed by atoms with Crippen molar-refractivity contribution in [2.45, 2.75) is 38.3 Å². The second-order valence-corrected chi connectivity index (χ2v) is 13.1. The maximum Gasteiger partial charge on any atom is 0.316 e. The summed E-state index contributed by atoms with van der Waals surface area (Å²) < 4.78 is 12.4. The fourth-order valence-electron chi connectivity index (χ4n) is 6.39. The van der Waals surface area contributed by atoms with Crippen molar-refractivity contribution < 1.29 is 18.8 Å². The highest BCUT2D eigenvalue weighted by molar-refractivity contribution is 6.97. The van der Waals surface area contributed by atoms with Gasteiger partial charge in [0.2, 0.25) is 0 Å². The number of carbonyl (C=O) groups excluding carboxylic acids is 2. The van der Waals surface area contributed by atoms with Gasteiger partial charge in [0.15, 0.2) is 0 Å². The molecule has 4 atom stereocenters. The third-order valence-corrected chi connectivity index (χ3v) is 12.4. The largest absolute Gasteiger partial charge is 0.468 e. The molecule has 3 fully saturated rings. The molecule has 3 aliphatic rings. The van der Waals surface area contributed by atoms with Crippen molar-refractivity contribution in [3.8, 4) is 0 Å². The molecule has 2 bridgehead atoms. The molecule has 0 N–H and O–H groups in total. The summed E-state index contributed by atoms with van der Waals surface area (Å²) in [5, 5.41) is 2.42. The quantitative estimate of drug-likeness (QED) is 0.435. The highest BCUT2D eigenvalue weighted by Crippen LogP contribution is 2.72. The molecule has 0 amide bonds. The number of fused-ring (bicyclic) bond motifs is 1. The minimum absolute atomic E-state index is 0.0267. The Bertz CT molecular complexity index is 947. The first-order valence-electron chi connectivity index (χ1n) is 10.8. The average molecular weight is 421 g/mol. The van der Waals surface area contributed by atoms with Crippen molar-refractivity contribution in [1.82, 2.24) is 0 Å². The molecule has 2 aliphatic carbocycles. The third-order valence-electron chi connectivity index (χ3n) is 8.07. The molecule has 1 aliphatic heterocycles. The van der Waals surface area contributed by atoms with E-state index in [1.54, 1.807) is 0 Å². The van der Waals surface area contributed by atoms with Crippen LogP contribution in [0.25, 0.3) is 0 Å². The molecule has 30 heavy (non-hydrogen) atoms. The van der Waals surface area contributed by atoms with E-state index >= 15 is 0 Å². The van der Waals surface area contributed by atoms with Crippen LogP contribution in [0.1, 0.15) is 26.7 Å². The van der Waals surface area contributed by atoms with Crippen molar-refractivity contribution in [3.05, 3.63) is 60.7 Å². The van der Waals surface area contributed by atoms with Crippen LogP contribution in [-0.4, -0.2) is 32.8 Å². The van der Waals surface area contributed by atoms with Crippen LogP contribution < -0.4 is 10.4 Å². The van der Waals surface area contributed by atoms with Gasteiger partial charge in [0.1, 0.15) is 11.7 Å². The molecular formula is C25H28O4Si. The third kappa shape index (κ3) is 2.55. The molecule has 1 saturated heterocycles. The molecule has 5 heteroatoms. The number of methoxy groups -OCH3 is 1. The van der Waals surface area contributed by atoms with Gasteiger partial charge in [0.25, 0.3) is 8.32 Å². The van der Waals surface area contributed by atoms with Crippen LogP contribution in [0.5, 0.6) is 0 Å². The summed E-state index contributed by atoms with van der Waals surface area (Å²) in [6, 6.07) is 21.6. The minimum Gasteiger partial charge on any atom is -0.468 e. The van der Waals surface area contributed by atoms with Crippen molar-refractivity contribution in [3.63, 3.8) is 0 Å². The second kappa shape index (κ2) is 6.63. The number of rotatable bonds is 3. The number of hydrogen-bond acceptors (Lipinski definition) is 4.